The van der Waals surface area contributed by atoms with Crippen LogP contribution in [-0.4, -0.2) is 49.2 Å². The van der Waals surface area contributed by atoms with E-state index in [1.54, 1.807) is 11.3 Å². The summed E-state index contributed by atoms with van der Waals surface area (Å²) < 4.78 is 6.89. The summed E-state index contributed by atoms with van der Waals surface area (Å²) >= 11 is 5.07. The number of halogens is 1. The summed E-state index contributed by atoms with van der Waals surface area (Å²) in [5.41, 5.74) is 2.00. The van der Waals surface area contributed by atoms with E-state index in [2.05, 4.69) is 60.0 Å². The number of ether oxygens (including phenoxy) is 1. The molecule has 0 aliphatic carbocycles. The molecular formula is C18H17BrN4O2S. The summed E-state index contributed by atoms with van der Waals surface area (Å²) in [6.45, 7) is 3.46. The van der Waals surface area contributed by atoms with Gasteiger partial charge in [-0.15, -0.1) is 11.3 Å². The normalized spacial score (nSPS) is 14.7. The van der Waals surface area contributed by atoms with Crippen LogP contribution in [0.15, 0.2) is 40.2 Å². The van der Waals surface area contributed by atoms with Gasteiger partial charge in [0.1, 0.15) is 0 Å². The highest BCUT2D eigenvalue weighted by Crippen LogP contribution is 2.30. The van der Waals surface area contributed by atoms with Crippen molar-refractivity contribution < 1.29 is 9.53 Å². The van der Waals surface area contributed by atoms with Gasteiger partial charge < -0.3 is 14.5 Å². The second-order valence-corrected chi connectivity index (χ2v) is 7.78. The fraction of sp³-hybridized carbons (Fsp3) is 0.278. The molecule has 3 heterocycles. The minimum atomic E-state index is -0.507. The monoisotopic (exact) mass is 432 g/mol. The number of rotatable bonds is 3. The van der Waals surface area contributed by atoms with Gasteiger partial charge in [0.15, 0.2) is 5.82 Å². The number of methoxy groups -OCH3 is 1. The van der Waals surface area contributed by atoms with E-state index >= 15 is 0 Å². The molecule has 4 rings (SSSR count). The molecule has 8 heteroatoms. The largest absolute Gasteiger partial charge is 0.463 e. The van der Waals surface area contributed by atoms with Gasteiger partial charge in [0.05, 0.1) is 17.3 Å². The highest BCUT2D eigenvalue weighted by atomic mass is 79.9. The number of carbonyl (C=O) groups excluding carboxylic acids is 1. The molecule has 0 radical (unpaired) electrons. The maximum atomic E-state index is 11.9. The molecule has 6 nitrogen and oxygen atoms in total. The maximum absolute atomic E-state index is 11.9. The summed E-state index contributed by atoms with van der Waals surface area (Å²) in [6, 6.07) is 10.3. The molecule has 1 aliphatic heterocycles. The highest BCUT2D eigenvalue weighted by Gasteiger charge is 2.23. The highest BCUT2D eigenvalue weighted by molar-refractivity contribution is 9.10. The van der Waals surface area contributed by atoms with Crippen molar-refractivity contribution in [2.24, 2.45) is 0 Å². The van der Waals surface area contributed by atoms with Gasteiger partial charge in [0, 0.05) is 36.3 Å². The first kappa shape index (κ1) is 17.2. The molecule has 1 saturated heterocycles. The first-order chi connectivity index (χ1) is 12.7. The Morgan fingerprint density at radius 3 is 2.46 bits per heavy atom. The zero-order chi connectivity index (χ0) is 18.1. The van der Waals surface area contributed by atoms with E-state index in [1.165, 1.54) is 12.8 Å². The SMILES string of the molecule is COC(=O)c1nc(N2CCN(c3ccc(Br)cc3)CC2)c2sccc2n1. The molecule has 0 N–H and O–H groups in total. The van der Waals surface area contributed by atoms with Gasteiger partial charge in [-0.2, -0.15) is 0 Å². The third kappa shape index (κ3) is 3.26. The number of anilines is 2. The van der Waals surface area contributed by atoms with Crippen LogP contribution < -0.4 is 9.80 Å². The third-order valence-corrected chi connectivity index (χ3v) is 5.85. The Labute approximate surface area is 163 Å². The third-order valence-electron chi connectivity index (χ3n) is 4.42. The molecule has 0 bridgehead atoms. The van der Waals surface area contributed by atoms with Crippen molar-refractivity contribution >= 4 is 55.0 Å². The number of hydrogen-bond donors (Lipinski definition) is 0. The molecule has 2 aromatic heterocycles. The van der Waals surface area contributed by atoms with Gasteiger partial charge in [0.2, 0.25) is 5.82 Å². The number of fused-ring (bicyclic) bond motifs is 1. The summed E-state index contributed by atoms with van der Waals surface area (Å²) in [5, 5.41) is 1.97. The first-order valence-corrected chi connectivity index (χ1v) is 9.92. The average molecular weight is 433 g/mol. The van der Waals surface area contributed by atoms with E-state index in [1.807, 2.05) is 11.4 Å². The topological polar surface area (TPSA) is 58.6 Å². The van der Waals surface area contributed by atoms with Crippen molar-refractivity contribution in [3.63, 3.8) is 0 Å². The second kappa shape index (κ2) is 7.20. The molecule has 1 aromatic carbocycles. The standard InChI is InChI=1S/C18H17BrN4O2S/c1-25-18(24)16-20-14-6-11-26-15(14)17(21-16)23-9-7-22(8-10-23)13-4-2-12(19)3-5-13/h2-6,11H,7-10H2,1H3. The number of nitrogens with zero attached hydrogens (tertiary/aromatic N) is 4. The van der Waals surface area contributed by atoms with Crippen LogP contribution in [0.25, 0.3) is 10.2 Å². The molecule has 26 heavy (non-hydrogen) atoms. The van der Waals surface area contributed by atoms with Gasteiger partial charge in [-0.1, -0.05) is 15.9 Å². The minimum absolute atomic E-state index is 0.115. The van der Waals surface area contributed by atoms with Crippen molar-refractivity contribution in [2.45, 2.75) is 0 Å². The molecule has 3 aromatic rings. The van der Waals surface area contributed by atoms with E-state index < -0.39 is 5.97 Å². The molecule has 134 valence electrons. The fourth-order valence-corrected chi connectivity index (χ4v) is 4.19. The van der Waals surface area contributed by atoms with Crippen LogP contribution in [0.2, 0.25) is 0 Å². The number of thiophene rings is 1. The Hall–Kier alpha value is -2.19. The van der Waals surface area contributed by atoms with Crippen LogP contribution in [0, 0.1) is 0 Å². The number of hydrogen-bond acceptors (Lipinski definition) is 7. The lowest BCUT2D eigenvalue weighted by Crippen LogP contribution is -2.47. The van der Waals surface area contributed by atoms with Crippen molar-refractivity contribution in [3.8, 4) is 0 Å². The molecule has 0 amide bonds. The van der Waals surface area contributed by atoms with Crippen LogP contribution in [0.5, 0.6) is 0 Å². The minimum Gasteiger partial charge on any atom is -0.463 e. The predicted octanol–water partition coefficient (Wildman–Crippen LogP) is 3.57. The number of benzene rings is 1. The van der Waals surface area contributed by atoms with E-state index in [0.29, 0.717) is 0 Å². The number of piperazine rings is 1. The summed E-state index contributed by atoms with van der Waals surface area (Å²) in [6.07, 6.45) is 0. The lowest BCUT2D eigenvalue weighted by Gasteiger charge is -2.37. The molecular weight excluding hydrogens is 416 g/mol. The maximum Gasteiger partial charge on any atom is 0.376 e. The Bertz CT molecular complexity index is 936. The first-order valence-electron chi connectivity index (χ1n) is 8.25. The molecule has 1 aliphatic rings. The molecule has 0 saturated carbocycles. The van der Waals surface area contributed by atoms with E-state index in [4.69, 9.17) is 4.74 Å². The van der Waals surface area contributed by atoms with Crippen molar-refractivity contribution in [1.82, 2.24) is 9.97 Å². The summed E-state index contributed by atoms with van der Waals surface area (Å²) in [4.78, 5) is 25.3. The van der Waals surface area contributed by atoms with E-state index in [-0.39, 0.29) is 5.82 Å². The van der Waals surface area contributed by atoms with Crippen molar-refractivity contribution in [1.29, 1.82) is 0 Å². The van der Waals surface area contributed by atoms with Crippen molar-refractivity contribution in [3.05, 3.63) is 46.0 Å². The lowest BCUT2D eigenvalue weighted by atomic mass is 10.2. The predicted molar refractivity (Wildman–Crippen MR) is 107 cm³/mol. The summed E-state index contributed by atoms with van der Waals surface area (Å²) in [7, 11) is 1.35. The Balaban J connectivity index is 1.58. The number of aromatic nitrogens is 2. The van der Waals surface area contributed by atoms with Gasteiger partial charge in [-0.25, -0.2) is 14.8 Å². The number of carbonyl (C=O) groups is 1. The summed E-state index contributed by atoms with van der Waals surface area (Å²) in [5.74, 6) is 0.428. The van der Waals surface area contributed by atoms with Crippen LogP contribution in [0.1, 0.15) is 10.6 Å². The van der Waals surface area contributed by atoms with Crippen LogP contribution in [-0.2, 0) is 4.74 Å². The molecule has 0 unspecified atom stereocenters. The zero-order valence-electron chi connectivity index (χ0n) is 14.2. The van der Waals surface area contributed by atoms with Gasteiger partial charge in [0.25, 0.3) is 0 Å². The fourth-order valence-electron chi connectivity index (χ4n) is 3.07. The molecule has 0 atom stereocenters. The van der Waals surface area contributed by atoms with Gasteiger partial charge in [-0.3, -0.25) is 0 Å². The Kier molecular flexibility index (Phi) is 4.78. The van der Waals surface area contributed by atoms with Crippen LogP contribution >= 0.6 is 27.3 Å². The van der Waals surface area contributed by atoms with E-state index in [9.17, 15) is 4.79 Å². The number of esters is 1. The molecule has 1 fully saturated rings. The van der Waals surface area contributed by atoms with Gasteiger partial charge in [-0.05, 0) is 35.7 Å². The molecule has 0 spiro atoms. The van der Waals surface area contributed by atoms with Crippen molar-refractivity contribution in [2.75, 3.05) is 43.1 Å². The smallest absolute Gasteiger partial charge is 0.376 e. The van der Waals surface area contributed by atoms with Crippen LogP contribution in [0.4, 0.5) is 11.5 Å². The zero-order valence-corrected chi connectivity index (χ0v) is 16.6. The second-order valence-electron chi connectivity index (χ2n) is 5.95. The van der Waals surface area contributed by atoms with E-state index in [0.717, 1.165) is 46.7 Å². The van der Waals surface area contributed by atoms with Crippen LogP contribution in [0.3, 0.4) is 0 Å². The average Bonchev–Trinajstić information content (AvgIpc) is 3.16. The quantitative estimate of drug-likeness (QED) is 0.589. The Morgan fingerprint density at radius 2 is 1.77 bits per heavy atom. The lowest BCUT2D eigenvalue weighted by molar-refractivity contribution is 0.0587. The Morgan fingerprint density at radius 1 is 1.08 bits per heavy atom. The van der Waals surface area contributed by atoms with Gasteiger partial charge >= 0.3 is 5.97 Å².